The maximum Gasteiger partial charge on any atom is 0.326 e. The Balaban J connectivity index is 2.13. The van der Waals surface area contributed by atoms with E-state index in [1.807, 2.05) is 12.1 Å². The van der Waals surface area contributed by atoms with Crippen LogP contribution in [0.1, 0.15) is 34.8 Å². The summed E-state index contributed by atoms with van der Waals surface area (Å²) in [6, 6.07) is 4.72. The Kier molecular flexibility index (Phi) is 4.16. The number of carbonyl (C=O) groups excluding carboxylic acids is 1. The number of carboxylic acid groups (broad SMARTS) is 1. The number of amides is 1. The van der Waals surface area contributed by atoms with Crippen molar-refractivity contribution in [3.8, 4) is 0 Å². The van der Waals surface area contributed by atoms with Crippen LogP contribution in [0.25, 0.3) is 0 Å². The lowest BCUT2D eigenvalue weighted by Crippen LogP contribution is -2.40. The SMILES string of the molecule is CC[C@H](NC(=O)c1ccc2c(c1)CNCC2)C(=O)O. The van der Waals surface area contributed by atoms with E-state index in [9.17, 15) is 9.59 Å². The van der Waals surface area contributed by atoms with E-state index in [1.165, 1.54) is 5.56 Å². The number of nitrogens with one attached hydrogen (secondary N) is 2. The molecule has 19 heavy (non-hydrogen) atoms. The minimum absolute atomic E-state index is 0.331. The Morgan fingerprint density at radius 3 is 2.89 bits per heavy atom. The molecule has 0 saturated heterocycles. The first kappa shape index (κ1) is 13.5. The molecule has 0 unspecified atom stereocenters. The van der Waals surface area contributed by atoms with Crippen LogP contribution in [0.2, 0.25) is 0 Å². The first-order valence-electron chi connectivity index (χ1n) is 6.48. The van der Waals surface area contributed by atoms with Gasteiger partial charge in [0.15, 0.2) is 0 Å². The van der Waals surface area contributed by atoms with Crippen molar-refractivity contribution >= 4 is 11.9 Å². The van der Waals surface area contributed by atoms with Crippen LogP contribution in [0.5, 0.6) is 0 Å². The molecule has 0 aliphatic carbocycles. The quantitative estimate of drug-likeness (QED) is 0.754. The molecule has 1 aliphatic rings. The third kappa shape index (κ3) is 3.12. The van der Waals surface area contributed by atoms with Gasteiger partial charge in [0.1, 0.15) is 6.04 Å². The highest BCUT2D eigenvalue weighted by molar-refractivity contribution is 5.96. The van der Waals surface area contributed by atoms with E-state index in [4.69, 9.17) is 5.11 Å². The molecule has 1 heterocycles. The Labute approximate surface area is 112 Å². The molecule has 102 valence electrons. The van der Waals surface area contributed by atoms with Crippen LogP contribution in [0.15, 0.2) is 18.2 Å². The van der Waals surface area contributed by atoms with Crippen LogP contribution in [0.3, 0.4) is 0 Å². The van der Waals surface area contributed by atoms with Crippen LogP contribution in [-0.2, 0) is 17.8 Å². The van der Waals surface area contributed by atoms with Crippen LogP contribution in [0, 0.1) is 0 Å². The van der Waals surface area contributed by atoms with Gasteiger partial charge in [-0.2, -0.15) is 0 Å². The predicted octanol–water partition coefficient (Wildman–Crippen LogP) is 0.925. The van der Waals surface area contributed by atoms with Gasteiger partial charge in [-0.3, -0.25) is 4.79 Å². The van der Waals surface area contributed by atoms with Gasteiger partial charge in [0, 0.05) is 12.1 Å². The van der Waals surface area contributed by atoms with Crippen molar-refractivity contribution in [2.75, 3.05) is 6.54 Å². The highest BCUT2D eigenvalue weighted by atomic mass is 16.4. The zero-order chi connectivity index (χ0) is 13.8. The van der Waals surface area contributed by atoms with E-state index < -0.39 is 12.0 Å². The molecule has 0 spiro atoms. The summed E-state index contributed by atoms with van der Waals surface area (Å²) in [6.07, 6.45) is 1.33. The minimum Gasteiger partial charge on any atom is -0.480 e. The number of hydrogen-bond acceptors (Lipinski definition) is 3. The topological polar surface area (TPSA) is 78.4 Å². The molecule has 0 bridgehead atoms. The molecule has 0 radical (unpaired) electrons. The van der Waals surface area contributed by atoms with E-state index >= 15 is 0 Å². The van der Waals surface area contributed by atoms with Gasteiger partial charge >= 0.3 is 5.97 Å². The van der Waals surface area contributed by atoms with Gasteiger partial charge in [0.2, 0.25) is 0 Å². The number of aliphatic carboxylic acids is 1. The second kappa shape index (κ2) is 5.84. The van der Waals surface area contributed by atoms with Gasteiger partial charge in [0.05, 0.1) is 0 Å². The smallest absolute Gasteiger partial charge is 0.326 e. The maximum atomic E-state index is 12.0. The number of carboxylic acids is 1. The maximum absolute atomic E-state index is 12.0. The molecule has 0 saturated carbocycles. The molecular weight excluding hydrogens is 244 g/mol. The summed E-state index contributed by atoms with van der Waals surface area (Å²) >= 11 is 0. The average molecular weight is 262 g/mol. The van der Waals surface area contributed by atoms with E-state index in [0.717, 1.165) is 25.1 Å². The normalized spacial score (nSPS) is 15.4. The lowest BCUT2D eigenvalue weighted by molar-refractivity contribution is -0.139. The Hall–Kier alpha value is -1.88. The lowest BCUT2D eigenvalue weighted by atomic mass is 9.98. The van der Waals surface area contributed by atoms with Gasteiger partial charge in [-0.15, -0.1) is 0 Å². The summed E-state index contributed by atoms with van der Waals surface area (Å²) in [5, 5.41) is 14.7. The van der Waals surface area contributed by atoms with Gasteiger partial charge < -0.3 is 15.7 Å². The third-order valence-corrected chi connectivity index (χ3v) is 3.37. The van der Waals surface area contributed by atoms with Crippen molar-refractivity contribution < 1.29 is 14.7 Å². The van der Waals surface area contributed by atoms with Crippen molar-refractivity contribution in [2.45, 2.75) is 32.4 Å². The van der Waals surface area contributed by atoms with Crippen LogP contribution in [0.4, 0.5) is 0 Å². The van der Waals surface area contributed by atoms with E-state index in [0.29, 0.717) is 12.0 Å². The van der Waals surface area contributed by atoms with Gasteiger partial charge in [-0.1, -0.05) is 13.0 Å². The van der Waals surface area contributed by atoms with Crippen LogP contribution in [-0.4, -0.2) is 29.6 Å². The summed E-state index contributed by atoms with van der Waals surface area (Å²) in [6.45, 7) is 3.44. The number of fused-ring (bicyclic) bond motifs is 1. The van der Waals surface area contributed by atoms with Crippen LogP contribution >= 0.6 is 0 Å². The molecule has 0 fully saturated rings. The Morgan fingerprint density at radius 1 is 1.42 bits per heavy atom. The average Bonchev–Trinajstić information content (AvgIpc) is 2.43. The van der Waals surface area contributed by atoms with Gasteiger partial charge in [-0.25, -0.2) is 4.79 Å². The number of hydrogen-bond donors (Lipinski definition) is 3. The standard InChI is InChI=1S/C14H18N2O3/c1-2-12(14(18)19)16-13(17)10-4-3-9-5-6-15-8-11(9)7-10/h3-4,7,12,15H,2,5-6,8H2,1H3,(H,16,17)(H,18,19)/t12-/m0/s1. The lowest BCUT2D eigenvalue weighted by Gasteiger charge is -2.18. The molecular formula is C14H18N2O3. The van der Waals surface area contributed by atoms with Crippen molar-refractivity contribution in [3.63, 3.8) is 0 Å². The summed E-state index contributed by atoms with van der Waals surface area (Å²) < 4.78 is 0. The molecule has 0 aromatic heterocycles. The van der Waals surface area contributed by atoms with Gasteiger partial charge in [0.25, 0.3) is 5.91 Å². The fraction of sp³-hybridized carbons (Fsp3) is 0.429. The number of benzene rings is 1. The fourth-order valence-electron chi connectivity index (χ4n) is 2.20. The van der Waals surface area contributed by atoms with E-state index in [1.54, 1.807) is 13.0 Å². The zero-order valence-electron chi connectivity index (χ0n) is 10.9. The molecule has 5 nitrogen and oxygen atoms in total. The Morgan fingerprint density at radius 2 is 2.21 bits per heavy atom. The minimum atomic E-state index is -1.00. The summed E-state index contributed by atoms with van der Waals surface area (Å²) in [7, 11) is 0. The van der Waals surface area contributed by atoms with Crippen LogP contribution < -0.4 is 10.6 Å². The molecule has 3 N–H and O–H groups in total. The van der Waals surface area contributed by atoms with Crippen molar-refractivity contribution in [1.82, 2.24) is 10.6 Å². The second-order valence-corrected chi connectivity index (χ2v) is 4.68. The first-order chi connectivity index (χ1) is 9.11. The van der Waals surface area contributed by atoms with E-state index in [2.05, 4.69) is 10.6 Å². The highest BCUT2D eigenvalue weighted by Crippen LogP contribution is 2.16. The molecule has 2 rings (SSSR count). The first-order valence-corrected chi connectivity index (χ1v) is 6.48. The van der Waals surface area contributed by atoms with Gasteiger partial charge in [-0.05, 0) is 42.6 Å². The molecule has 5 heteroatoms. The second-order valence-electron chi connectivity index (χ2n) is 4.68. The molecule has 1 aromatic carbocycles. The van der Waals surface area contributed by atoms with E-state index in [-0.39, 0.29) is 5.91 Å². The summed E-state index contributed by atoms with van der Waals surface area (Å²) in [5.41, 5.74) is 2.88. The monoisotopic (exact) mass is 262 g/mol. The summed E-state index contributed by atoms with van der Waals surface area (Å²) in [4.78, 5) is 22.9. The van der Waals surface area contributed by atoms with Crippen molar-refractivity contribution in [2.24, 2.45) is 0 Å². The van der Waals surface area contributed by atoms with Crippen molar-refractivity contribution in [3.05, 3.63) is 34.9 Å². The number of carbonyl (C=O) groups is 2. The molecule has 1 amide bonds. The largest absolute Gasteiger partial charge is 0.480 e. The molecule has 1 aromatic rings. The predicted molar refractivity (Wildman–Crippen MR) is 71.0 cm³/mol. The highest BCUT2D eigenvalue weighted by Gasteiger charge is 2.19. The number of rotatable bonds is 4. The third-order valence-electron chi connectivity index (χ3n) is 3.37. The molecule has 1 aliphatic heterocycles. The zero-order valence-corrected chi connectivity index (χ0v) is 10.9. The fourth-order valence-corrected chi connectivity index (χ4v) is 2.20. The summed E-state index contributed by atoms with van der Waals surface area (Å²) in [5.74, 6) is -1.34. The molecule has 1 atom stereocenters. The van der Waals surface area contributed by atoms with Crippen molar-refractivity contribution in [1.29, 1.82) is 0 Å². The Bertz CT molecular complexity index is 499.